The van der Waals surface area contributed by atoms with E-state index in [-0.39, 0.29) is 0 Å². The fourth-order valence-electron chi connectivity index (χ4n) is 3.35. The summed E-state index contributed by atoms with van der Waals surface area (Å²) >= 11 is 0. The Hall–Kier alpha value is -0.0800. The Morgan fingerprint density at radius 2 is 1.47 bits per heavy atom. The summed E-state index contributed by atoms with van der Waals surface area (Å²) in [6.07, 6.45) is 6.33. The normalized spacial score (nSPS) is 32.1. The molecule has 2 heteroatoms. The van der Waals surface area contributed by atoms with Crippen LogP contribution in [0.5, 0.6) is 0 Å². The molecule has 1 heterocycles. The van der Waals surface area contributed by atoms with Crippen molar-refractivity contribution < 1.29 is 4.74 Å². The molecule has 0 aromatic rings. The summed E-state index contributed by atoms with van der Waals surface area (Å²) in [5.41, 5.74) is 0. The van der Waals surface area contributed by atoms with Gasteiger partial charge in [-0.25, -0.2) is 0 Å². The summed E-state index contributed by atoms with van der Waals surface area (Å²) in [6, 6.07) is 0.742. The number of ether oxygens (including phenoxy) is 1. The molecule has 0 unspecified atom stereocenters. The molecular formula is C15H29NO. The molecule has 0 spiro atoms. The lowest BCUT2D eigenvalue weighted by Gasteiger charge is -2.47. The molecule has 1 aliphatic carbocycles. The SMILES string of the molecule is CC(C)OC1CCC(C2CN(C(C)C)C2)CC1. The van der Waals surface area contributed by atoms with Crippen LogP contribution in [-0.2, 0) is 4.74 Å². The molecule has 1 saturated carbocycles. The monoisotopic (exact) mass is 239 g/mol. The first kappa shape index (κ1) is 13.4. The second kappa shape index (κ2) is 5.71. The maximum atomic E-state index is 5.92. The molecule has 100 valence electrons. The molecule has 0 bridgehead atoms. The van der Waals surface area contributed by atoms with Crippen LogP contribution < -0.4 is 0 Å². The van der Waals surface area contributed by atoms with Gasteiger partial charge in [-0.05, 0) is 65.2 Å². The molecule has 1 saturated heterocycles. The van der Waals surface area contributed by atoms with Gasteiger partial charge < -0.3 is 9.64 Å². The molecule has 0 N–H and O–H groups in total. The largest absolute Gasteiger partial charge is 0.376 e. The third-order valence-corrected chi connectivity index (χ3v) is 4.52. The van der Waals surface area contributed by atoms with Gasteiger partial charge in [0.25, 0.3) is 0 Å². The van der Waals surface area contributed by atoms with Gasteiger partial charge in [0.15, 0.2) is 0 Å². The van der Waals surface area contributed by atoms with Crippen LogP contribution in [0.15, 0.2) is 0 Å². The van der Waals surface area contributed by atoms with Crippen LogP contribution >= 0.6 is 0 Å². The van der Waals surface area contributed by atoms with Crippen molar-refractivity contribution in [1.82, 2.24) is 4.90 Å². The Kier molecular flexibility index (Phi) is 4.48. The zero-order chi connectivity index (χ0) is 12.4. The zero-order valence-electron chi connectivity index (χ0n) is 12.0. The van der Waals surface area contributed by atoms with Crippen LogP contribution in [0.4, 0.5) is 0 Å². The Morgan fingerprint density at radius 1 is 0.882 bits per heavy atom. The summed E-state index contributed by atoms with van der Waals surface area (Å²) in [5, 5.41) is 0. The van der Waals surface area contributed by atoms with E-state index in [0.29, 0.717) is 12.2 Å². The Morgan fingerprint density at radius 3 is 1.94 bits per heavy atom. The molecule has 0 radical (unpaired) electrons. The number of rotatable bonds is 4. The average molecular weight is 239 g/mol. The van der Waals surface area contributed by atoms with Gasteiger partial charge in [-0.1, -0.05) is 0 Å². The van der Waals surface area contributed by atoms with E-state index in [1.807, 2.05) is 0 Å². The van der Waals surface area contributed by atoms with Gasteiger partial charge in [0.05, 0.1) is 12.2 Å². The van der Waals surface area contributed by atoms with Crippen molar-refractivity contribution in [3.63, 3.8) is 0 Å². The highest BCUT2D eigenvalue weighted by atomic mass is 16.5. The number of nitrogens with zero attached hydrogens (tertiary/aromatic N) is 1. The van der Waals surface area contributed by atoms with E-state index in [0.717, 1.165) is 17.9 Å². The lowest BCUT2D eigenvalue weighted by atomic mass is 9.75. The quantitative estimate of drug-likeness (QED) is 0.746. The van der Waals surface area contributed by atoms with Crippen molar-refractivity contribution in [2.24, 2.45) is 11.8 Å². The van der Waals surface area contributed by atoms with Crippen LogP contribution in [0.3, 0.4) is 0 Å². The molecule has 2 rings (SSSR count). The van der Waals surface area contributed by atoms with E-state index in [4.69, 9.17) is 4.74 Å². The zero-order valence-corrected chi connectivity index (χ0v) is 12.0. The first-order chi connectivity index (χ1) is 8.06. The number of hydrogen-bond acceptors (Lipinski definition) is 2. The lowest BCUT2D eigenvalue weighted by molar-refractivity contribution is -0.0421. The maximum Gasteiger partial charge on any atom is 0.0578 e. The third kappa shape index (κ3) is 3.45. The minimum Gasteiger partial charge on any atom is -0.376 e. The minimum absolute atomic E-state index is 0.400. The van der Waals surface area contributed by atoms with Gasteiger partial charge in [0.2, 0.25) is 0 Å². The highest BCUT2D eigenvalue weighted by Crippen LogP contribution is 2.36. The fourth-order valence-corrected chi connectivity index (χ4v) is 3.35. The first-order valence-electron chi connectivity index (χ1n) is 7.45. The van der Waals surface area contributed by atoms with Crippen molar-refractivity contribution in [2.45, 2.75) is 71.6 Å². The molecule has 2 aliphatic rings. The summed E-state index contributed by atoms with van der Waals surface area (Å²) in [7, 11) is 0. The molecule has 0 amide bonds. The van der Waals surface area contributed by atoms with Crippen molar-refractivity contribution in [2.75, 3.05) is 13.1 Å². The molecule has 2 nitrogen and oxygen atoms in total. The fraction of sp³-hybridized carbons (Fsp3) is 1.00. The van der Waals surface area contributed by atoms with E-state index >= 15 is 0 Å². The van der Waals surface area contributed by atoms with E-state index in [1.54, 1.807) is 0 Å². The molecule has 0 aromatic carbocycles. The topological polar surface area (TPSA) is 12.5 Å². The first-order valence-corrected chi connectivity index (χ1v) is 7.45. The lowest BCUT2D eigenvalue weighted by Crippen LogP contribution is -2.53. The third-order valence-electron chi connectivity index (χ3n) is 4.52. The summed E-state index contributed by atoms with van der Waals surface area (Å²) < 4.78 is 5.92. The van der Waals surface area contributed by atoms with E-state index in [2.05, 4.69) is 32.6 Å². The molecule has 0 atom stereocenters. The molecule has 0 aromatic heterocycles. The van der Waals surface area contributed by atoms with Gasteiger partial charge in [0.1, 0.15) is 0 Å². The van der Waals surface area contributed by atoms with Crippen LogP contribution in [0, 0.1) is 11.8 Å². The van der Waals surface area contributed by atoms with Crippen molar-refractivity contribution in [1.29, 1.82) is 0 Å². The average Bonchev–Trinajstić information content (AvgIpc) is 2.16. The summed E-state index contributed by atoms with van der Waals surface area (Å²) in [6.45, 7) is 11.6. The van der Waals surface area contributed by atoms with Crippen molar-refractivity contribution >= 4 is 0 Å². The Balaban J connectivity index is 1.67. The van der Waals surface area contributed by atoms with Gasteiger partial charge in [-0.3, -0.25) is 0 Å². The molecule has 2 fully saturated rings. The molecule has 1 aliphatic heterocycles. The van der Waals surface area contributed by atoms with Crippen molar-refractivity contribution in [3.8, 4) is 0 Å². The summed E-state index contributed by atoms with van der Waals surface area (Å²) in [4.78, 5) is 2.60. The maximum absolute atomic E-state index is 5.92. The van der Waals surface area contributed by atoms with Crippen LogP contribution in [-0.4, -0.2) is 36.2 Å². The Labute approximate surface area is 107 Å². The van der Waals surface area contributed by atoms with Gasteiger partial charge in [-0.2, -0.15) is 0 Å². The predicted octanol–water partition coefficient (Wildman–Crippen LogP) is 3.31. The van der Waals surface area contributed by atoms with Crippen LogP contribution in [0.1, 0.15) is 53.4 Å². The van der Waals surface area contributed by atoms with Crippen molar-refractivity contribution in [3.05, 3.63) is 0 Å². The number of hydrogen-bond donors (Lipinski definition) is 0. The predicted molar refractivity (Wildman–Crippen MR) is 72.2 cm³/mol. The number of likely N-dealkylation sites (tertiary alicyclic amines) is 1. The molecular weight excluding hydrogens is 210 g/mol. The van der Waals surface area contributed by atoms with Gasteiger partial charge in [0, 0.05) is 19.1 Å². The van der Waals surface area contributed by atoms with Gasteiger partial charge >= 0.3 is 0 Å². The highest BCUT2D eigenvalue weighted by molar-refractivity contribution is 4.89. The van der Waals surface area contributed by atoms with E-state index in [9.17, 15) is 0 Å². The van der Waals surface area contributed by atoms with Crippen LogP contribution in [0.25, 0.3) is 0 Å². The van der Waals surface area contributed by atoms with E-state index in [1.165, 1.54) is 38.8 Å². The molecule has 17 heavy (non-hydrogen) atoms. The highest BCUT2D eigenvalue weighted by Gasteiger charge is 2.36. The smallest absolute Gasteiger partial charge is 0.0578 e. The van der Waals surface area contributed by atoms with Gasteiger partial charge in [-0.15, -0.1) is 0 Å². The van der Waals surface area contributed by atoms with Crippen LogP contribution in [0.2, 0.25) is 0 Å². The van der Waals surface area contributed by atoms with E-state index < -0.39 is 0 Å². The second-order valence-corrected chi connectivity index (χ2v) is 6.53. The standard InChI is InChI=1S/C15H29NO/c1-11(2)16-9-14(10-16)13-5-7-15(8-6-13)17-12(3)4/h11-15H,5-10H2,1-4H3. The minimum atomic E-state index is 0.400. The summed E-state index contributed by atoms with van der Waals surface area (Å²) in [5.74, 6) is 1.97. The Bertz CT molecular complexity index is 225. The second-order valence-electron chi connectivity index (χ2n) is 6.53.